The van der Waals surface area contributed by atoms with Crippen LogP contribution in [0.25, 0.3) is 0 Å². The molecule has 0 bridgehead atoms. The lowest BCUT2D eigenvalue weighted by Gasteiger charge is -2.29. The van der Waals surface area contributed by atoms with Gasteiger partial charge in [-0.3, -0.25) is 9.10 Å². The summed E-state index contributed by atoms with van der Waals surface area (Å²) in [4.78, 5) is 14.0. The number of anilines is 1. The van der Waals surface area contributed by atoms with Gasteiger partial charge in [-0.25, -0.2) is 8.42 Å². The molecule has 1 amide bonds. The molecule has 8 nitrogen and oxygen atoms in total. The van der Waals surface area contributed by atoms with Gasteiger partial charge in [0.1, 0.15) is 5.75 Å². The van der Waals surface area contributed by atoms with Crippen LogP contribution in [0.5, 0.6) is 5.75 Å². The first kappa shape index (κ1) is 28.9. The Bertz CT molecular complexity index is 1190. The van der Waals surface area contributed by atoms with E-state index >= 15 is 0 Å². The highest BCUT2D eigenvalue weighted by molar-refractivity contribution is 7.92. The van der Waals surface area contributed by atoms with Crippen molar-refractivity contribution in [2.75, 3.05) is 44.8 Å². The first-order chi connectivity index (χ1) is 17.4. The van der Waals surface area contributed by atoms with Crippen LogP contribution in [-0.4, -0.2) is 64.8 Å². The summed E-state index contributed by atoms with van der Waals surface area (Å²) in [7, 11) is -0.618. The van der Waals surface area contributed by atoms with E-state index in [9.17, 15) is 18.3 Å². The van der Waals surface area contributed by atoms with Gasteiger partial charge in [0.25, 0.3) is 15.9 Å². The molecule has 204 valence electrons. The lowest BCUT2D eigenvalue weighted by molar-refractivity contribution is 0.0491. The number of ether oxygens (including phenoxy) is 2. The number of sulfonamides is 1. The summed E-state index contributed by atoms with van der Waals surface area (Å²) >= 11 is 0. The van der Waals surface area contributed by atoms with E-state index in [1.165, 1.54) is 21.3 Å². The molecule has 0 aliphatic carbocycles. The van der Waals surface area contributed by atoms with Gasteiger partial charge in [0.15, 0.2) is 0 Å². The molecule has 1 atom stereocenters. The zero-order valence-corrected chi connectivity index (χ0v) is 23.5. The van der Waals surface area contributed by atoms with Crippen molar-refractivity contribution < 1.29 is 27.8 Å². The zero-order valence-electron chi connectivity index (χ0n) is 22.7. The minimum absolute atomic E-state index is 0.0515. The Kier molecular flexibility index (Phi) is 9.61. The van der Waals surface area contributed by atoms with Crippen molar-refractivity contribution in [3.63, 3.8) is 0 Å². The number of nitrogens with zero attached hydrogens (tertiary/aromatic N) is 2. The van der Waals surface area contributed by atoms with Gasteiger partial charge in [0.05, 0.1) is 23.3 Å². The van der Waals surface area contributed by atoms with Crippen LogP contribution in [0.3, 0.4) is 0 Å². The summed E-state index contributed by atoms with van der Waals surface area (Å²) in [5, 5.41) is 10.5. The molecule has 0 spiro atoms. The van der Waals surface area contributed by atoms with Crippen LogP contribution < -0.4 is 9.04 Å². The van der Waals surface area contributed by atoms with Crippen molar-refractivity contribution in [3.05, 3.63) is 53.1 Å². The average Bonchev–Trinajstić information content (AvgIpc) is 2.86. The monoisotopic (exact) mass is 532 g/mol. The molecule has 0 saturated carbocycles. The number of hydrogen-bond acceptors (Lipinski definition) is 6. The Morgan fingerprint density at radius 2 is 1.78 bits per heavy atom. The van der Waals surface area contributed by atoms with Crippen LogP contribution in [0.15, 0.2) is 41.3 Å². The maximum Gasteiger partial charge on any atom is 0.264 e. The highest BCUT2D eigenvalue weighted by atomic mass is 32.2. The minimum atomic E-state index is -3.97. The number of amides is 1. The molecule has 0 radical (unpaired) electrons. The molecule has 1 N–H and O–H groups in total. The Labute approximate surface area is 221 Å². The molecule has 0 aromatic heterocycles. The van der Waals surface area contributed by atoms with Crippen LogP contribution in [0, 0.1) is 18.8 Å². The predicted molar refractivity (Wildman–Crippen MR) is 145 cm³/mol. The SMILES string of the molecule is Cc1cc(C(=O)N(C)C)ccc1N(CC(C)C)S(=O)(=O)c1ccc(OCC2CCOCC2)c(C(C)O)c1. The molecular formula is C28H40N2O6S. The van der Waals surface area contributed by atoms with Crippen LogP contribution >= 0.6 is 0 Å². The number of aliphatic hydroxyl groups is 1. The van der Waals surface area contributed by atoms with Gasteiger partial charge in [-0.05, 0) is 80.5 Å². The van der Waals surface area contributed by atoms with Gasteiger partial charge in [0, 0.05) is 45.0 Å². The molecule has 2 aromatic rings. The van der Waals surface area contributed by atoms with E-state index in [4.69, 9.17) is 9.47 Å². The van der Waals surface area contributed by atoms with Crippen molar-refractivity contribution in [2.24, 2.45) is 11.8 Å². The van der Waals surface area contributed by atoms with E-state index in [0.29, 0.717) is 53.9 Å². The summed E-state index contributed by atoms with van der Waals surface area (Å²) in [6, 6.07) is 9.73. The van der Waals surface area contributed by atoms with Crippen molar-refractivity contribution in [2.45, 2.75) is 51.5 Å². The Morgan fingerprint density at radius 1 is 1.11 bits per heavy atom. The van der Waals surface area contributed by atoms with E-state index in [-0.39, 0.29) is 23.3 Å². The Balaban J connectivity index is 1.96. The molecule has 1 unspecified atom stereocenters. The van der Waals surface area contributed by atoms with Crippen LogP contribution in [0.1, 0.15) is 61.2 Å². The molecule has 37 heavy (non-hydrogen) atoms. The number of benzene rings is 2. The highest BCUT2D eigenvalue weighted by Gasteiger charge is 2.29. The number of carbonyl (C=O) groups is 1. The minimum Gasteiger partial charge on any atom is -0.493 e. The van der Waals surface area contributed by atoms with E-state index in [2.05, 4.69) is 0 Å². The molecular weight excluding hydrogens is 492 g/mol. The summed E-state index contributed by atoms with van der Waals surface area (Å²) in [5.74, 6) is 0.755. The van der Waals surface area contributed by atoms with Crippen molar-refractivity contribution in [1.29, 1.82) is 0 Å². The second-order valence-electron chi connectivity index (χ2n) is 10.4. The number of aliphatic hydroxyl groups excluding tert-OH is 1. The molecule has 2 aromatic carbocycles. The molecule has 9 heteroatoms. The summed E-state index contributed by atoms with van der Waals surface area (Å²) in [6.45, 7) is 9.49. The van der Waals surface area contributed by atoms with Crippen molar-refractivity contribution in [1.82, 2.24) is 4.90 Å². The normalized spacial score (nSPS) is 15.5. The van der Waals surface area contributed by atoms with E-state index in [1.807, 2.05) is 13.8 Å². The van der Waals surface area contributed by atoms with Crippen molar-refractivity contribution in [3.8, 4) is 5.75 Å². The maximum absolute atomic E-state index is 14.0. The molecule has 1 heterocycles. The fourth-order valence-corrected chi connectivity index (χ4v) is 6.11. The first-order valence-electron chi connectivity index (χ1n) is 12.8. The quantitative estimate of drug-likeness (QED) is 0.487. The third-order valence-electron chi connectivity index (χ3n) is 6.48. The summed E-state index contributed by atoms with van der Waals surface area (Å²) in [5.41, 5.74) is 2.13. The second kappa shape index (κ2) is 12.3. The van der Waals surface area contributed by atoms with Crippen LogP contribution in [-0.2, 0) is 14.8 Å². The summed E-state index contributed by atoms with van der Waals surface area (Å²) < 4.78 is 40.7. The first-order valence-corrected chi connectivity index (χ1v) is 14.2. The fourth-order valence-electron chi connectivity index (χ4n) is 4.38. The lowest BCUT2D eigenvalue weighted by Crippen LogP contribution is -2.35. The molecule has 1 fully saturated rings. The van der Waals surface area contributed by atoms with Gasteiger partial charge < -0.3 is 19.5 Å². The van der Waals surface area contributed by atoms with E-state index < -0.39 is 16.1 Å². The number of rotatable bonds is 10. The van der Waals surface area contributed by atoms with Gasteiger partial charge in [-0.15, -0.1) is 0 Å². The second-order valence-corrected chi connectivity index (χ2v) is 12.2. The van der Waals surface area contributed by atoms with Gasteiger partial charge in [-0.2, -0.15) is 0 Å². The van der Waals surface area contributed by atoms with E-state index in [0.717, 1.165) is 12.8 Å². The number of aryl methyl sites for hydroxylation is 1. The smallest absolute Gasteiger partial charge is 0.264 e. The van der Waals surface area contributed by atoms with Gasteiger partial charge in [0.2, 0.25) is 0 Å². The largest absolute Gasteiger partial charge is 0.493 e. The zero-order chi connectivity index (χ0) is 27.3. The molecule has 1 aliphatic rings. The molecule has 3 rings (SSSR count). The molecule has 1 aliphatic heterocycles. The Morgan fingerprint density at radius 3 is 2.35 bits per heavy atom. The van der Waals surface area contributed by atoms with E-state index in [1.54, 1.807) is 52.2 Å². The molecule has 1 saturated heterocycles. The van der Waals surface area contributed by atoms with Crippen LogP contribution in [0.2, 0.25) is 0 Å². The van der Waals surface area contributed by atoms with Gasteiger partial charge in [-0.1, -0.05) is 13.8 Å². The topological polar surface area (TPSA) is 96.4 Å². The maximum atomic E-state index is 14.0. The predicted octanol–water partition coefficient (Wildman–Crippen LogP) is 4.41. The third kappa shape index (κ3) is 7.03. The standard InChI is InChI=1S/C28H40N2O6S/c1-19(2)17-30(26-9-7-23(15-20(26)3)28(32)29(5)6)37(33,34)24-8-10-27(25(16-24)21(4)31)36-18-22-11-13-35-14-12-22/h7-10,15-16,19,21-22,31H,11-14,17-18H2,1-6H3. The van der Waals surface area contributed by atoms with Gasteiger partial charge >= 0.3 is 0 Å². The third-order valence-corrected chi connectivity index (χ3v) is 8.26. The highest BCUT2D eigenvalue weighted by Crippen LogP contribution is 2.33. The summed E-state index contributed by atoms with van der Waals surface area (Å²) in [6.07, 6.45) is 0.925. The fraction of sp³-hybridized carbons (Fsp3) is 0.536. The number of carbonyl (C=O) groups excluding carboxylic acids is 1. The number of hydrogen-bond donors (Lipinski definition) is 1. The van der Waals surface area contributed by atoms with Crippen molar-refractivity contribution >= 4 is 21.6 Å². The van der Waals surface area contributed by atoms with Crippen LogP contribution in [0.4, 0.5) is 5.69 Å². The lowest BCUT2D eigenvalue weighted by atomic mass is 10.0. The average molecular weight is 533 g/mol. The Hall–Kier alpha value is -2.62.